The Bertz CT molecular complexity index is 742. The van der Waals surface area contributed by atoms with Crippen LogP contribution >= 0.6 is 0 Å². The van der Waals surface area contributed by atoms with Crippen LogP contribution in [0, 0.1) is 6.92 Å². The number of hydrogen-bond acceptors (Lipinski definition) is 2. The molecule has 2 aromatic carbocycles. The third-order valence-corrected chi connectivity index (χ3v) is 3.64. The Morgan fingerprint density at radius 1 is 1.00 bits per heavy atom. The van der Waals surface area contributed by atoms with Gasteiger partial charge in [-0.15, -0.1) is 0 Å². The van der Waals surface area contributed by atoms with E-state index in [4.69, 9.17) is 0 Å². The second-order valence-corrected chi connectivity index (χ2v) is 5.09. The summed E-state index contributed by atoms with van der Waals surface area (Å²) in [6, 6.07) is 15.0. The fourth-order valence-electron chi connectivity index (χ4n) is 2.60. The molecule has 1 heterocycles. The van der Waals surface area contributed by atoms with E-state index < -0.39 is 0 Å². The number of pyridine rings is 1. The molecular formula is C18H18N2. The number of nitrogens with zero attached hydrogens (tertiary/aromatic N) is 1. The van der Waals surface area contributed by atoms with Crippen molar-refractivity contribution in [1.29, 1.82) is 0 Å². The molecule has 0 aliphatic rings. The molecule has 0 amide bonds. The summed E-state index contributed by atoms with van der Waals surface area (Å²) in [6.07, 6.45) is 3.89. The first-order chi connectivity index (χ1) is 9.79. The van der Waals surface area contributed by atoms with E-state index in [9.17, 15) is 0 Å². The summed E-state index contributed by atoms with van der Waals surface area (Å²) in [5.74, 6) is 0. The normalized spacial score (nSPS) is 10.9. The van der Waals surface area contributed by atoms with Gasteiger partial charge in [0.15, 0.2) is 0 Å². The quantitative estimate of drug-likeness (QED) is 0.773. The predicted octanol–water partition coefficient (Wildman–Crippen LogP) is 3.93. The maximum atomic E-state index is 4.39. The van der Waals surface area contributed by atoms with Crippen LogP contribution in [-0.4, -0.2) is 12.0 Å². The van der Waals surface area contributed by atoms with Gasteiger partial charge in [-0.1, -0.05) is 36.4 Å². The van der Waals surface area contributed by atoms with Crippen LogP contribution in [0.4, 0.5) is 0 Å². The summed E-state index contributed by atoms with van der Waals surface area (Å²) in [5.41, 5.74) is 5.05. The molecule has 0 aliphatic heterocycles. The summed E-state index contributed by atoms with van der Waals surface area (Å²) in [4.78, 5) is 4.39. The smallest absolute Gasteiger partial charge is 0.0352 e. The lowest BCUT2D eigenvalue weighted by Crippen LogP contribution is -2.05. The zero-order valence-electron chi connectivity index (χ0n) is 11.9. The van der Waals surface area contributed by atoms with Gasteiger partial charge in [0.1, 0.15) is 0 Å². The highest BCUT2D eigenvalue weighted by Crippen LogP contribution is 2.30. The van der Waals surface area contributed by atoms with Gasteiger partial charge < -0.3 is 5.32 Å². The van der Waals surface area contributed by atoms with E-state index in [0.717, 1.165) is 6.54 Å². The van der Waals surface area contributed by atoms with E-state index >= 15 is 0 Å². The van der Waals surface area contributed by atoms with E-state index in [-0.39, 0.29) is 0 Å². The van der Waals surface area contributed by atoms with Gasteiger partial charge in [-0.3, -0.25) is 4.98 Å². The summed E-state index contributed by atoms with van der Waals surface area (Å²) >= 11 is 0. The van der Waals surface area contributed by atoms with E-state index in [1.54, 1.807) is 0 Å². The first-order valence-corrected chi connectivity index (χ1v) is 6.87. The van der Waals surface area contributed by atoms with Crippen LogP contribution in [0.1, 0.15) is 11.1 Å². The monoisotopic (exact) mass is 262 g/mol. The summed E-state index contributed by atoms with van der Waals surface area (Å²) in [6.45, 7) is 3.03. The Morgan fingerprint density at radius 3 is 2.70 bits per heavy atom. The van der Waals surface area contributed by atoms with Crippen molar-refractivity contribution in [2.45, 2.75) is 13.5 Å². The Labute approximate surface area is 119 Å². The van der Waals surface area contributed by atoms with Crippen LogP contribution in [0.5, 0.6) is 0 Å². The van der Waals surface area contributed by atoms with Gasteiger partial charge in [0.25, 0.3) is 0 Å². The first kappa shape index (κ1) is 12.8. The van der Waals surface area contributed by atoms with E-state index in [1.165, 1.54) is 33.0 Å². The van der Waals surface area contributed by atoms with Crippen molar-refractivity contribution >= 4 is 10.8 Å². The Kier molecular flexibility index (Phi) is 3.48. The first-order valence-electron chi connectivity index (χ1n) is 6.87. The predicted molar refractivity (Wildman–Crippen MR) is 84.7 cm³/mol. The molecule has 3 aromatic rings. The third kappa shape index (κ3) is 2.30. The van der Waals surface area contributed by atoms with Crippen molar-refractivity contribution in [2.75, 3.05) is 7.05 Å². The minimum absolute atomic E-state index is 0.880. The van der Waals surface area contributed by atoms with E-state index in [2.05, 4.69) is 59.7 Å². The van der Waals surface area contributed by atoms with Gasteiger partial charge in [-0.25, -0.2) is 0 Å². The molecule has 0 fully saturated rings. The number of nitrogens with one attached hydrogen (secondary N) is 1. The lowest BCUT2D eigenvalue weighted by Gasteiger charge is -2.11. The largest absolute Gasteiger partial charge is 0.316 e. The second-order valence-electron chi connectivity index (χ2n) is 5.09. The molecular weight excluding hydrogens is 244 g/mol. The molecule has 1 aromatic heterocycles. The molecule has 0 radical (unpaired) electrons. The van der Waals surface area contributed by atoms with Gasteiger partial charge in [-0.05, 0) is 42.1 Å². The fourth-order valence-corrected chi connectivity index (χ4v) is 2.60. The maximum absolute atomic E-state index is 4.39. The highest BCUT2D eigenvalue weighted by atomic mass is 14.8. The van der Waals surface area contributed by atoms with Crippen LogP contribution in [0.15, 0.2) is 54.9 Å². The fraction of sp³-hybridized carbons (Fsp3) is 0.167. The minimum Gasteiger partial charge on any atom is -0.316 e. The van der Waals surface area contributed by atoms with Crippen LogP contribution < -0.4 is 5.32 Å². The molecule has 0 unspecified atom stereocenters. The average Bonchev–Trinajstić information content (AvgIpc) is 2.49. The minimum atomic E-state index is 0.880. The van der Waals surface area contributed by atoms with Crippen molar-refractivity contribution in [2.24, 2.45) is 0 Å². The average molecular weight is 262 g/mol. The molecule has 2 heteroatoms. The van der Waals surface area contributed by atoms with Crippen molar-refractivity contribution in [3.8, 4) is 11.1 Å². The molecule has 100 valence electrons. The molecule has 0 spiro atoms. The zero-order valence-corrected chi connectivity index (χ0v) is 11.9. The van der Waals surface area contributed by atoms with Crippen molar-refractivity contribution in [3.05, 3.63) is 66.0 Å². The van der Waals surface area contributed by atoms with Gasteiger partial charge in [0.2, 0.25) is 0 Å². The molecule has 0 saturated heterocycles. The number of benzene rings is 2. The molecule has 0 aliphatic carbocycles. The number of aromatic nitrogens is 1. The maximum Gasteiger partial charge on any atom is 0.0352 e. The molecule has 0 bridgehead atoms. The zero-order chi connectivity index (χ0) is 13.9. The standard InChI is InChI=1S/C18H18N2/c1-13-7-8-14(10-19-2)9-17(13)18-12-20-11-15-5-3-4-6-16(15)18/h3-9,11-12,19H,10H2,1-2H3. The van der Waals surface area contributed by atoms with Crippen molar-refractivity contribution in [1.82, 2.24) is 10.3 Å². The van der Waals surface area contributed by atoms with Crippen LogP contribution in [0.2, 0.25) is 0 Å². The Balaban J connectivity index is 2.22. The molecule has 2 nitrogen and oxygen atoms in total. The van der Waals surface area contributed by atoms with Gasteiger partial charge in [0, 0.05) is 29.9 Å². The molecule has 0 atom stereocenters. The lowest BCUT2D eigenvalue weighted by atomic mass is 9.95. The number of hydrogen-bond donors (Lipinski definition) is 1. The SMILES string of the molecule is CNCc1ccc(C)c(-c2cncc3ccccc23)c1. The van der Waals surface area contributed by atoms with Crippen LogP contribution in [0.25, 0.3) is 21.9 Å². The third-order valence-electron chi connectivity index (χ3n) is 3.64. The van der Waals surface area contributed by atoms with E-state index in [0.29, 0.717) is 0 Å². The topological polar surface area (TPSA) is 24.9 Å². The van der Waals surface area contributed by atoms with Gasteiger partial charge >= 0.3 is 0 Å². The number of aryl methyl sites for hydroxylation is 1. The molecule has 0 saturated carbocycles. The van der Waals surface area contributed by atoms with E-state index in [1.807, 2.05) is 19.4 Å². The van der Waals surface area contributed by atoms with Crippen LogP contribution in [0.3, 0.4) is 0 Å². The summed E-state index contributed by atoms with van der Waals surface area (Å²) in [7, 11) is 1.97. The number of rotatable bonds is 3. The van der Waals surface area contributed by atoms with Crippen LogP contribution in [-0.2, 0) is 6.54 Å². The number of fused-ring (bicyclic) bond motifs is 1. The van der Waals surface area contributed by atoms with Crippen molar-refractivity contribution < 1.29 is 0 Å². The molecule has 1 N–H and O–H groups in total. The summed E-state index contributed by atoms with van der Waals surface area (Å²) < 4.78 is 0. The van der Waals surface area contributed by atoms with Crippen molar-refractivity contribution in [3.63, 3.8) is 0 Å². The highest BCUT2D eigenvalue weighted by molar-refractivity contribution is 5.96. The highest BCUT2D eigenvalue weighted by Gasteiger charge is 2.07. The second kappa shape index (κ2) is 5.43. The van der Waals surface area contributed by atoms with Gasteiger partial charge in [0.05, 0.1) is 0 Å². The molecule has 3 rings (SSSR count). The molecule has 20 heavy (non-hydrogen) atoms. The Hall–Kier alpha value is -2.19. The Morgan fingerprint density at radius 2 is 1.85 bits per heavy atom. The van der Waals surface area contributed by atoms with Gasteiger partial charge in [-0.2, -0.15) is 0 Å². The lowest BCUT2D eigenvalue weighted by molar-refractivity contribution is 0.818. The summed E-state index contributed by atoms with van der Waals surface area (Å²) in [5, 5.41) is 5.64.